The van der Waals surface area contributed by atoms with Crippen LogP contribution in [-0.4, -0.2) is 16.4 Å². The molecule has 2 aromatic rings. The van der Waals surface area contributed by atoms with Gasteiger partial charge in [-0.3, -0.25) is 0 Å². The minimum absolute atomic E-state index is 0.189. The van der Waals surface area contributed by atoms with E-state index in [-0.39, 0.29) is 11.6 Å². The summed E-state index contributed by atoms with van der Waals surface area (Å²) in [7, 11) is 0. The molecule has 28 heavy (non-hydrogen) atoms. The van der Waals surface area contributed by atoms with Crippen molar-refractivity contribution in [3.8, 4) is 11.3 Å². The fourth-order valence-electron chi connectivity index (χ4n) is 4.26. The first-order chi connectivity index (χ1) is 13.7. The van der Waals surface area contributed by atoms with Crippen molar-refractivity contribution >= 4 is 11.3 Å². The zero-order valence-electron chi connectivity index (χ0n) is 15.3. The number of benzene rings is 1. The Morgan fingerprint density at radius 3 is 2.68 bits per heavy atom. The van der Waals surface area contributed by atoms with E-state index in [9.17, 15) is 8.78 Å². The highest BCUT2D eigenvalue weighted by Gasteiger charge is 2.31. The third-order valence-corrected chi connectivity index (χ3v) is 6.80. The Labute approximate surface area is 167 Å². The van der Waals surface area contributed by atoms with E-state index >= 15 is 0 Å². The molecular weight excluding hydrogens is 374 g/mol. The Bertz CT molecular complexity index is 1010. The molecule has 0 spiro atoms. The summed E-state index contributed by atoms with van der Waals surface area (Å²) in [5.41, 5.74) is 4.35. The summed E-state index contributed by atoms with van der Waals surface area (Å²) in [5, 5.41) is 3.22. The van der Waals surface area contributed by atoms with E-state index in [2.05, 4.69) is 17.5 Å². The quantitative estimate of drug-likeness (QED) is 0.591. The molecule has 0 bridgehead atoms. The molecule has 0 saturated heterocycles. The second-order valence-electron chi connectivity index (χ2n) is 7.59. The molecule has 5 heteroatoms. The molecule has 142 valence electrons. The lowest BCUT2D eigenvalue weighted by Gasteiger charge is -2.33. The van der Waals surface area contributed by atoms with Gasteiger partial charge in [0, 0.05) is 35.3 Å². The molecule has 1 aliphatic carbocycles. The van der Waals surface area contributed by atoms with Crippen LogP contribution in [0, 0.1) is 11.7 Å². The Hall–Kier alpha value is -2.53. The number of aromatic nitrogens is 1. The van der Waals surface area contributed by atoms with Gasteiger partial charge in [-0.15, -0.1) is 11.3 Å². The third-order valence-electron chi connectivity index (χ3n) is 5.79. The average molecular weight is 394 g/mol. The van der Waals surface area contributed by atoms with Crippen LogP contribution in [0.3, 0.4) is 0 Å². The van der Waals surface area contributed by atoms with Crippen molar-refractivity contribution < 1.29 is 8.78 Å². The third kappa shape index (κ3) is 3.35. The standard InChI is InChI=1S/C23H20F2N2S/c24-19-6-3-15(4-7-19)22-14-28-23(26-22)17-1-2-18-12-27-13-20(25)8-10-21(27)9-5-16(18)11-17/h3-10,13-14,17-18H,1-2,11-12H2/t17-,18+/m0/s1. The lowest BCUT2D eigenvalue weighted by Crippen LogP contribution is -2.28. The molecule has 1 aromatic carbocycles. The van der Waals surface area contributed by atoms with Crippen molar-refractivity contribution in [2.24, 2.45) is 5.92 Å². The second kappa shape index (κ2) is 7.13. The summed E-state index contributed by atoms with van der Waals surface area (Å²) in [6, 6.07) is 6.51. The minimum Gasteiger partial charge on any atom is -0.344 e. The zero-order valence-corrected chi connectivity index (χ0v) is 16.1. The van der Waals surface area contributed by atoms with Crippen LogP contribution < -0.4 is 0 Å². The molecule has 2 atom stereocenters. The van der Waals surface area contributed by atoms with Gasteiger partial charge in [0.2, 0.25) is 0 Å². The SMILES string of the molecule is FC1=CN2C[C@H]3CC[C@H](c4nc(-c5ccc(F)cc5)cs4)CC3=CC=C2C=C1. The summed E-state index contributed by atoms with van der Waals surface area (Å²) in [5.74, 6) is 0.452. The van der Waals surface area contributed by atoms with Gasteiger partial charge >= 0.3 is 0 Å². The van der Waals surface area contributed by atoms with E-state index in [1.54, 1.807) is 29.7 Å². The average Bonchev–Trinajstić information content (AvgIpc) is 3.12. The molecular formula is C23H20F2N2S. The summed E-state index contributed by atoms with van der Waals surface area (Å²) in [4.78, 5) is 6.88. The number of halogens is 2. The second-order valence-corrected chi connectivity index (χ2v) is 8.48. The maximum Gasteiger partial charge on any atom is 0.139 e. The number of hydrogen-bond donors (Lipinski definition) is 0. The maximum atomic E-state index is 13.6. The van der Waals surface area contributed by atoms with E-state index in [0.29, 0.717) is 11.8 Å². The number of nitrogens with zero attached hydrogens (tertiary/aromatic N) is 2. The van der Waals surface area contributed by atoms with E-state index < -0.39 is 0 Å². The highest BCUT2D eigenvalue weighted by atomic mass is 32.1. The van der Waals surface area contributed by atoms with Crippen LogP contribution in [0.1, 0.15) is 30.2 Å². The maximum absolute atomic E-state index is 13.6. The molecule has 1 aromatic heterocycles. The molecule has 0 radical (unpaired) electrons. The summed E-state index contributed by atoms with van der Waals surface area (Å²) in [6.45, 7) is 0.834. The van der Waals surface area contributed by atoms with Gasteiger partial charge < -0.3 is 4.90 Å². The van der Waals surface area contributed by atoms with Crippen LogP contribution in [0.5, 0.6) is 0 Å². The predicted octanol–water partition coefficient (Wildman–Crippen LogP) is 6.34. The van der Waals surface area contributed by atoms with Crippen molar-refractivity contribution in [1.29, 1.82) is 0 Å². The van der Waals surface area contributed by atoms with Crippen molar-refractivity contribution in [1.82, 2.24) is 9.88 Å². The predicted molar refractivity (Wildman–Crippen MR) is 109 cm³/mol. The molecule has 5 rings (SSSR count). The van der Waals surface area contributed by atoms with Gasteiger partial charge in [-0.05, 0) is 67.7 Å². The van der Waals surface area contributed by atoms with Gasteiger partial charge in [-0.25, -0.2) is 13.8 Å². The number of thiazole rings is 1. The van der Waals surface area contributed by atoms with Crippen molar-refractivity contribution in [2.45, 2.75) is 25.2 Å². The van der Waals surface area contributed by atoms with Gasteiger partial charge in [0.05, 0.1) is 10.7 Å². The molecule has 1 saturated carbocycles. The van der Waals surface area contributed by atoms with E-state index in [4.69, 9.17) is 4.98 Å². The number of allylic oxidation sites excluding steroid dienone is 5. The van der Waals surface area contributed by atoms with Crippen LogP contribution in [0.15, 0.2) is 77.2 Å². The van der Waals surface area contributed by atoms with Crippen LogP contribution >= 0.6 is 11.3 Å². The Kier molecular flexibility index (Phi) is 4.47. The lowest BCUT2D eigenvalue weighted by molar-refractivity contribution is 0.331. The van der Waals surface area contributed by atoms with E-state index in [1.165, 1.54) is 23.8 Å². The summed E-state index contributed by atoms with van der Waals surface area (Å²) >= 11 is 1.69. The molecule has 1 fully saturated rings. The number of fused-ring (bicyclic) bond motifs is 2. The lowest BCUT2D eigenvalue weighted by atomic mass is 9.78. The molecule has 2 nitrogen and oxygen atoms in total. The highest BCUT2D eigenvalue weighted by Crippen LogP contribution is 2.43. The van der Waals surface area contributed by atoms with Gasteiger partial charge in [0.15, 0.2) is 0 Å². The largest absolute Gasteiger partial charge is 0.344 e. The van der Waals surface area contributed by atoms with E-state index in [1.807, 2.05) is 11.0 Å². The molecule has 3 aliphatic rings. The van der Waals surface area contributed by atoms with Crippen molar-refractivity contribution in [3.05, 3.63) is 88.1 Å². The van der Waals surface area contributed by atoms with Gasteiger partial charge in [-0.1, -0.05) is 11.6 Å². The fourth-order valence-corrected chi connectivity index (χ4v) is 5.23. The summed E-state index contributed by atoms with van der Waals surface area (Å²) < 4.78 is 26.8. The first kappa shape index (κ1) is 17.6. The highest BCUT2D eigenvalue weighted by molar-refractivity contribution is 7.10. The van der Waals surface area contributed by atoms with Crippen LogP contribution in [0.25, 0.3) is 11.3 Å². The monoisotopic (exact) mass is 394 g/mol. The minimum atomic E-state index is -0.229. The Morgan fingerprint density at radius 1 is 1.00 bits per heavy atom. The first-order valence-electron chi connectivity index (χ1n) is 9.60. The summed E-state index contributed by atoms with van der Waals surface area (Å²) in [6.07, 6.45) is 12.5. The normalized spacial score (nSPS) is 23.9. The van der Waals surface area contributed by atoms with E-state index in [0.717, 1.165) is 47.8 Å². The molecule has 0 N–H and O–H groups in total. The smallest absolute Gasteiger partial charge is 0.139 e. The number of rotatable bonds is 2. The Morgan fingerprint density at radius 2 is 1.82 bits per heavy atom. The van der Waals surface area contributed by atoms with Gasteiger partial charge in [-0.2, -0.15) is 0 Å². The van der Waals surface area contributed by atoms with Gasteiger partial charge in [0.25, 0.3) is 0 Å². The molecule has 3 heterocycles. The molecule has 0 unspecified atom stereocenters. The zero-order chi connectivity index (χ0) is 19.1. The Balaban J connectivity index is 1.35. The molecule has 2 aliphatic heterocycles. The first-order valence-corrected chi connectivity index (χ1v) is 10.5. The van der Waals surface area contributed by atoms with Crippen molar-refractivity contribution in [3.63, 3.8) is 0 Å². The topological polar surface area (TPSA) is 16.1 Å². The van der Waals surface area contributed by atoms with Crippen molar-refractivity contribution in [2.75, 3.05) is 6.54 Å². The van der Waals surface area contributed by atoms with Crippen LogP contribution in [0.4, 0.5) is 8.78 Å². The molecule has 0 amide bonds. The number of hydrogen-bond acceptors (Lipinski definition) is 3. The van der Waals surface area contributed by atoms with Gasteiger partial charge in [0.1, 0.15) is 11.6 Å². The van der Waals surface area contributed by atoms with Crippen LogP contribution in [0.2, 0.25) is 0 Å². The van der Waals surface area contributed by atoms with Crippen LogP contribution in [-0.2, 0) is 0 Å². The fraction of sp³-hybridized carbons (Fsp3) is 0.261.